The summed E-state index contributed by atoms with van der Waals surface area (Å²) in [7, 11) is 0. The fraction of sp³-hybridized carbons (Fsp3) is 0. The van der Waals surface area contributed by atoms with Gasteiger partial charge in [-0.25, -0.2) is 0 Å². The van der Waals surface area contributed by atoms with Gasteiger partial charge in [0.05, 0.1) is 0 Å². The number of phenolic OH excluding ortho intramolecular Hbond substituents is 1. The monoisotopic (exact) mass is 347 g/mol. The largest absolute Gasteiger partial charge is 0.508 e. The predicted octanol–water partition coefficient (Wildman–Crippen LogP) is 4.16. The van der Waals surface area contributed by atoms with Crippen LogP contribution in [0.5, 0.6) is 5.75 Å². The molecule has 2 rings (SSSR count). The van der Waals surface area contributed by atoms with Gasteiger partial charge in [0, 0.05) is 27.6 Å². The van der Waals surface area contributed by atoms with Gasteiger partial charge in [-0.1, -0.05) is 23.2 Å². The van der Waals surface area contributed by atoms with Crippen molar-refractivity contribution in [1.82, 2.24) is 0 Å². The van der Waals surface area contributed by atoms with Crippen molar-refractivity contribution in [2.24, 2.45) is 0 Å². The van der Waals surface area contributed by atoms with Crippen molar-refractivity contribution in [2.45, 2.75) is 0 Å². The van der Waals surface area contributed by atoms with Crippen molar-refractivity contribution >= 4 is 40.5 Å². The van der Waals surface area contributed by atoms with Crippen LogP contribution in [-0.2, 0) is 4.79 Å². The van der Waals surface area contributed by atoms with Gasteiger partial charge in [-0.15, -0.1) is 0 Å². The van der Waals surface area contributed by atoms with E-state index in [9.17, 15) is 9.90 Å². The number of halogens is 2. The van der Waals surface area contributed by atoms with E-state index >= 15 is 0 Å². The Bertz CT molecular complexity index is 776. The minimum atomic E-state index is -0.584. The predicted molar refractivity (Wildman–Crippen MR) is 90.5 cm³/mol. The number of carbonyl (C=O) groups excluding carboxylic acids is 1. The maximum atomic E-state index is 12.0. The fourth-order valence-electron chi connectivity index (χ4n) is 1.68. The molecule has 0 atom stereocenters. The summed E-state index contributed by atoms with van der Waals surface area (Å²) in [6.07, 6.45) is 1.26. The van der Waals surface area contributed by atoms with Crippen LogP contribution in [0.25, 0.3) is 0 Å². The van der Waals surface area contributed by atoms with E-state index < -0.39 is 5.91 Å². The number of nitrogens with one attached hydrogen (secondary N) is 2. The molecule has 0 aliphatic rings. The molecular formula is C16H11Cl2N3O2. The standard InChI is InChI=1S/C16H11Cl2N3O2/c17-11-5-12(18)7-14(6-11)20-9-10(8-19)16(23)21-13-1-3-15(22)4-2-13/h1-7,9,20,22H,(H,21,23)/b10-9-. The van der Waals surface area contributed by atoms with Gasteiger partial charge >= 0.3 is 0 Å². The second-order valence-electron chi connectivity index (χ2n) is 4.47. The Kier molecular flexibility index (Phi) is 5.47. The third-order valence-corrected chi connectivity index (χ3v) is 3.17. The van der Waals surface area contributed by atoms with Crippen molar-refractivity contribution in [1.29, 1.82) is 5.26 Å². The molecule has 1 amide bonds. The number of nitrogens with zero attached hydrogens (tertiary/aromatic N) is 1. The summed E-state index contributed by atoms with van der Waals surface area (Å²) >= 11 is 11.7. The van der Waals surface area contributed by atoms with Crippen molar-refractivity contribution in [3.63, 3.8) is 0 Å². The zero-order chi connectivity index (χ0) is 16.8. The number of amides is 1. The van der Waals surface area contributed by atoms with E-state index in [0.29, 0.717) is 21.4 Å². The van der Waals surface area contributed by atoms with Crippen LogP contribution in [0.15, 0.2) is 54.2 Å². The van der Waals surface area contributed by atoms with Crippen LogP contribution in [0.2, 0.25) is 10.0 Å². The average molecular weight is 348 g/mol. The summed E-state index contributed by atoms with van der Waals surface area (Å²) in [5.74, 6) is -0.502. The first-order valence-electron chi connectivity index (χ1n) is 6.41. The molecule has 0 bridgehead atoms. The molecule has 2 aromatic carbocycles. The molecule has 0 aliphatic heterocycles. The third kappa shape index (κ3) is 4.92. The number of hydrogen-bond donors (Lipinski definition) is 3. The zero-order valence-corrected chi connectivity index (χ0v) is 13.2. The summed E-state index contributed by atoms with van der Waals surface area (Å²) in [4.78, 5) is 12.0. The van der Waals surface area contributed by atoms with Crippen molar-refractivity contribution in [2.75, 3.05) is 10.6 Å². The zero-order valence-electron chi connectivity index (χ0n) is 11.7. The first-order valence-corrected chi connectivity index (χ1v) is 7.17. The molecule has 3 N–H and O–H groups in total. The van der Waals surface area contributed by atoms with E-state index in [1.807, 2.05) is 0 Å². The summed E-state index contributed by atoms with van der Waals surface area (Å²) in [5.41, 5.74) is 0.876. The average Bonchev–Trinajstić information content (AvgIpc) is 2.49. The highest BCUT2D eigenvalue weighted by Crippen LogP contribution is 2.22. The molecule has 5 nitrogen and oxygen atoms in total. The van der Waals surface area contributed by atoms with Gasteiger partial charge in [0.25, 0.3) is 5.91 Å². The Hall–Kier alpha value is -2.68. The molecular weight excluding hydrogens is 337 g/mol. The van der Waals surface area contributed by atoms with Gasteiger partial charge < -0.3 is 15.7 Å². The minimum absolute atomic E-state index is 0.0820. The quantitative estimate of drug-likeness (QED) is 0.440. The highest BCUT2D eigenvalue weighted by molar-refractivity contribution is 6.35. The minimum Gasteiger partial charge on any atom is -0.508 e. The van der Waals surface area contributed by atoms with Crippen LogP contribution in [0.1, 0.15) is 0 Å². The van der Waals surface area contributed by atoms with Gasteiger partial charge in [0.2, 0.25) is 0 Å². The summed E-state index contributed by atoms with van der Waals surface area (Å²) in [5, 5.41) is 24.5. The molecule has 23 heavy (non-hydrogen) atoms. The van der Waals surface area contributed by atoms with E-state index in [1.54, 1.807) is 24.3 Å². The number of carbonyl (C=O) groups is 1. The number of anilines is 2. The Balaban J connectivity index is 2.10. The molecule has 7 heteroatoms. The van der Waals surface area contributed by atoms with Crippen molar-refractivity contribution in [3.05, 3.63) is 64.3 Å². The molecule has 0 spiro atoms. The normalized spacial score (nSPS) is 10.7. The molecule has 116 valence electrons. The molecule has 0 aliphatic carbocycles. The first-order chi connectivity index (χ1) is 11.0. The topological polar surface area (TPSA) is 85.2 Å². The Morgan fingerprint density at radius 3 is 2.26 bits per heavy atom. The number of benzene rings is 2. The maximum Gasteiger partial charge on any atom is 0.267 e. The highest BCUT2D eigenvalue weighted by atomic mass is 35.5. The Labute approximate surface area is 142 Å². The van der Waals surface area contributed by atoms with E-state index in [-0.39, 0.29) is 11.3 Å². The molecule has 2 aromatic rings. The van der Waals surface area contributed by atoms with E-state index in [0.717, 1.165) is 0 Å². The lowest BCUT2D eigenvalue weighted by Gasteiger charge is -2.06. The number of rotatable bonds is 4. The van der Waals surface area contributed by atoms with E-state index in [1.165, 1.54) is 30.5 Å². The molecule has 0 saturated heterocycles. The van der Waals surface area contributed by atoms with Crippen LogP contribution in [0.4, 0.5) is 11.4 Å². The number of aromatic hydroxyl groups is 1. The van der Waals surface area contributed by atoms with Crippen LogP contribution in [-0.4, -0.2) is 11.0 Å². The van der Waals surface area contributed by atoms with Crippen LogP contribution in [0.3, 0.4) is 0 Å². The van der Waals surface area contributed by atoms with Gasteiger partial charge in [0.15, 0.2) is 0 Å². The smallest absolute Gasteiger partial charge is 0.267 e. The second-order valence-corrected chi connectivity index (χ2v) is 5.35. The molecule has 0 saturated carbocycles. The lowest BCUT2D eigenvalue weighted by Crippen LogP contribution is -2.14. The van der Waals surface area contributed by atoms with E-state index in [4.69, 9.17) is 28.5 Å². The van der Waals surface area contributed by atoms with Gasteiger partial charge in [-0.2, -0.15) is 5.26 Å². The van der Waals surface area contributed by atoms with Crippen molar-refractivity contribution in [3.8, 4) is 11.8 Å². The van der Waals surface area contributed by atoms with Crippen LogP contribution in [0, 0.1) is 11.3 Å². The maximum absolute atomic E-state index is 12.0. The summed E-state index contributed by atoms with van der Waals surface area (Å²) < 4.78 is 0. The molecule has 0 heterocycles. The second kappa shape index (κ2) is 7.54. The number of nitriles is 1. The fourth-order valence-corrected chi connectivity index (χ4v) is 2.21. The summed E-state index contributed by atoms with van der Waals surface area (Å²) in [6, 6.07) is 12.5. The lowest BCUT2D eigenvalue weighted by atomic mass is 10.2. The third-order valence-electron chi connectivity index (χ3n) is 2.74. The summed E-state index contributed by atoms with van der Waals surface area (Å²) in [6.45, 7) is 0. The van der Waals surface area contributed by atoms with Gasteiger partial charge in [-0.05, 0) is 42.5 Å². The Morgan fingerprint density at radius 1 is 1.09 bits per heavy atom. The first kappa shape index (κ1) is 16.7. The van der Waals surface area contributed by atoms with Gasteiger partial charge in [0.1, 0.15) is 17.4 Å². The van der Waals surface area contributed by atoms with Crippen molar-refractivity contribution < 1.29 is 9.90 Å². The SMILES string of the molecule is N#C/C(=C/Nc1cc(Cl)cc(Cl)c1)C(=O)Nc1ccc(O)cc1. The molecule has 0 aromatic heterocycles. The molecule has 0 unspecified atom stereocenters. The van der Waals surface area contributed by atoms with Gasteiger partial charge in [-0.3, -0.25) is 4.79 Å². The molecule has 0 fully saturated rings. The highest BCUT2D eigenvalue weighted by Gasteiger charge is 2.09. The molecule has 0 radical (unpaired) electrons. The number of phenols is 1. The van der Waals surface area contributed by atoms with Crippen LogP contribution < -0.4 is 10.6 Å². The lowest BCUT2D eigenvalue weighted by molar-refractivity contribution is -0.112. The Morgan fingerprint density at radius 2 is 1.70 bits per heavy atom. The number of hydrogen-bond acceptors (Lipinski definition) is 4. The van der Waals surface area contributed by atoms with Crippen LogP contribution >= 0.6 is 23.2 Å². The van der Waals surface area contributed by atoms with E-state index in [2.05, 4.69) is 10.6 Å².